The summed E-state index contributed by atoms with van der Waals surface area (Å²) in [6, 6.07) is 1.30. The van der Waals surface area contributed by atoms with Crippen molar-refractivity contribution in [1.29, 1.82) is 0 Å². The van der Waals surface area contributed by atoms with E-state index in [2.05, 4.69) is 12.6 Å². The lowest BCUT2D eigenvalue weighted by molar-refractivity contribution is -0.386. The molecule has 0 N–H and O–H groups in total. The summed E-state index contributed by atoms with van der Waals surface area (Å²) in [5, 5.41) is 10.8. The molecule has 0 spiro atoms. The molecule has 1 heterocycles. The molecular weight excluding hydrogens is 240 g/mol. The lowest BCUT2D eigenvalue weighted by Gasteiger charge is -2.22. The Labute approximate surface area is 105 Å². The van der Waals surface area contributed by atoms with Gasteiger partial charge in [0.15, 0.2) is 0 Å². The third kappa shape index (κ3) is 3.33. The summed E-state index contributed by atoms with van der Waals surface area (Å²) in [7, 11) is 0. The van der Waals surface area contributed by atoms with Crippen LogP contribution < -0.4 is 5.56 Å². The Bertz CT molecular complexity index is 494. The number of rotatable bonds is 4. The normalized spacial score (nSPS) is 11.5. The van der Waals surface area contributed by atoms with Gasteiger partial charge < -0.3 is 4.57 Å². The van der Waals surface area contributed by atoms with E-state index in [4.69, 9.17) is 0 Å². The summed E-state index contributed by atoms with van der Waals surface area (Å²) in [6.07, 6.45) is 1.31. The molecule has 0 amide bonds. The fourth-order valence-electron chi connectivity index (χ4n) is 1.48. The monoisotopic (exact) mass is 256 g/mol. The molecule has 5 nitrogen and oxygen atoms in total. The molecule has 0 aliphatic rings. The first kappa shape index (κ1) is 13.8. The van der Waals surface area contributed by atoms with Crippen molar-refractivity contribution in [1.82, 2.24) is 4.57 Å². The zero-order valence-corrected chi connectivity index (χ0v) is 11.0. The molecule has 94 valence electrons. The van der Waals surface area contributed by atoms with Crippen LogP contribution in [0.3, 0.4) is 0 Å². The molecule has 17 heavy (non-hydrogen) atoms. The van der Waals surface area contributed by atoms with Gasteiger partial charge >= 0.3 is 0 Å². The number of nitrogens with zero attached hydrogens (tertiary/aromatic N) is 2. The molecule has 1 aromatic heterocycles. The maximum absolute atomic E-state index is 11.7. The van der Waals surface area contributed by atoms with Gasteiger partial charge in [0.1, 0.15) is 0 Å². The predicted octanol–water partition coefficient (Wildman–Crippen LogP) is 2.02. The topological polar surface area (TPSA) is 65.1 Å². The summed E-state index contributed by atoms with van der Waals surface area (Å²) >= 11 is 4.20. The van der Waals surface area contributed by atoms with Gasteiger partial charge in [-0.1, -0.05) is 13.8 Å². The van der Waals surface area contributed by atoms with Crippen LogP contribution in [-0.4, -0.2) is 15.2 Å². The smallest absolute Gasteiger partial charge is 0.288 e. The van der Waals surface area contributed by atoms with E-state index in [0.717, 1.165) is 0 Å². The third-order valence-corrected chi connectivity index (χ3v) is 3.38. The van der Waals surface area contributed by atoms with Crippen LogP contribution in [0, 0.1) is 22.5 Å². The molecule has 0 fully saturated rings. The highest BCUT2D eigenvalue weighted by atomic mass is 32.1. The van der Waals surface area contributed by atoms with Crippen molar-refractivity contribution in [3.8, 4) is 0 Å². The van der Waals surface area contributed by atoms with Crippen LogP contribution in [0.4, 0.5) is 5.69 Å². The van der Waals surface area contributed by atoms with Crippen LogP contribution in [0.25, 0.3) is 0 Å². The summed E-state index contributed by atoms with van der Waals surface area (Å²) in [5.74, 6) is 0.598. The Morgan fingerprint density at radius 1 is 1.53 bits per heavy atom. The first-order valence-corrected chi connectivity index (χ1v) is 5.86. The molecule has 1 rings (SSSR count). The van der Waals surface area contributed by atoms with Gasteiger partial charge in [-0.3, -0.25) is 14.9 Å². The Kier molecular flexibility index (Phi) is 3.98. The highest BCUT2D eigenvalue weighted by molar-refractivity contribution is 7.80. The van der Waals surface area contributed by atoms with E-state index in [1.807, 2.05) is 13.8 Å². The van der Waals surface area contributed by atoms with Crippen molar-refractivity contribution in [3.05, 3.63) is 38.3 Å². The van der Waals surface area contributed by atoms with Crippen molar-refractivity contribution >= 4 is 18.3 Å². The second-order valence-electron chi connectivity index (χ2n) is 4.89. The number of nitro groups is 1. The Morgan fingerprint density at radius 3 is 2.59 bits per heavy atom. The van der Waals surface area contributed by atoms with Crippen LogP contribution in [0.5, 0.6) is 0 Å². The molecule has 0 saturated carbocycles. The fourth-order valence-corrected chi connectivity index (χ4v) is 1.58. The van der Waals surface area contributed by atoms with Gasteiger partial charge in [0, 0.05) is 18.2 Å². The van der Waals surface area contributed by atoms with Gasteiger partial charge in [0.25, 0.3) is 11.2 Å². The SMILES string of the molecule is Cc1cc(=O)n(CC(C)(C)CS)cc1[N+](=O)[O-]. The van der Waals surface area contributed by atoms with Crippen molar-refractivity contribution < 1.29 is 4.92 Å². The highest BCUT2D eigenvalue weighted by Gasteiger charge is 2.20. The predicted molar refractivity (Wildman–Crippen MR) is 69.7 cm³/mol. The Balaban J connectivity index is 3.22. The van der Waals surface area contributed by atoms with Crippen molar-refractivity contribution in [2.75, 3.05) is 5.75 Å². The Hall–Kier alpha value is -1.30. The first-order chi connectivity index (χ1) is 7.76. The first-order valence-electron chi connectivity index (χ1n) is 5.23. The average Bonchev–Trinajstić information content (AvgIpc) is 2.21. The van der Waals surface area contributed by atoms with E-state index in [1.165, 1.54) is 16.8 Å². The molecule has 6 heteroatoms. The molecule has 1 aromatic rings. The third-order valence-electron chi connectivity index (χ3n) is 2.53. The van der Waals surface area contributed by atoms with Gasteiger partial charge in [0.2, 0.25) is 0 Å². The molecule has 0 bridgehead atoms. The van der Waals surface area contributed by atoms with E-state index in [9.17, 15) is 14.9 Å². The number of aryl methyl sites for hydroxylation is 1. The summed E-state index contributed by atoms with van der Waals surface area (Å²) < 4.78 is 1.38. The van der Waals surface area contributed by atoms with Crippen LogP contribution in [0.15, 0.2) is 17.1 Å². The van der Waals surface area contributed by atoms with Crippen molar-refractivity contribution in [2.45, 2.75) is 27.3 Å². The standard InChI is InChI=1S/C11H16N2O3S/c1-8-4-10(14)12(5-9(8)13(15)16)6-11(2,3)7-17/h4-5,17H,6-7H2,1-3H3. The Morgan fingerprint density at radius 2 is 2.12 bits per heavy atom. The average molecular weight is 256 g/mol. The maximum atomic E-state index is 11.7. The molecule has 0 saturated heterocycles. The van der Waals surface area contributed by atoms with E-state index in [0.29, 0.717) is 17.9 Å². The molecule has 0 aliphatic carbocycles. The van der Waals surface area contributed by atoms with Gasteiger partial charge in [0.05, 0.1) is 11.1 Å². The van der Waals surface area contributed by atoms with E-state index >= 15 is 0 Å². The lowest BCUT2D eigenvalue weighted by atomic mass is 9.96. The second-order valence-corrected chi connectivity index (χ2v) is 5.20. The molecule has 0 atom stereocenters. The van der Waals surface area contributed by atoms with E-state index in [1.54, 1.807) is 6.92 Å². The van der Waals surface area contributed by atoms with E-state index in [-0.39, 0.29) is 16.7 Å². The zero-order chi connectivity index (χ0) is 13.2. The number of pyridine rings is 1. The van der Waals surface area contributed by atoms with Gasteiger partial charge in [-0.15, -0.1) is 0 Å². The number of aromatic nitrogens is 1. The van der Waals surface area contributed by atoms with Crippen LogP contribution in [0.2, 0.25) is 0 Å². The van der Waals surface area contributed by atoms with Gasteiger partial charge in [-0.25, -0.2) is 0 Å². The summed E-state index contributed by atoms with van der Waals surface area (Å²) in [6.45, 7) is 5.89. The summed E-state index contributed by atoms with van der Waals surface area (Å²) in [5.41, 5.74) is -0.0433. The maximum Gasteiger partial charge on any atom is 0.288 e. The van der Waals surface area contributed by atoms with Crippen molar-refractivity contribution in [3.63, 3.8) is 0 Å². The second kappa shape index (κ2) is 4.91. The zero-order valence-electron chi connectivity index (χ0n) is 10.1. The van der Waals surface area contributed by atoms with Crippen LogP contribution in [-0.2, 0) is 6.54 Å². The fraction of sp³-hybridized carbons (Fsp3) is 0.545. The number of thiol groups is 1. The molecule has 0 unspecified atom stereocenters. The molecule has 0 aromatic carbocycles. The van der Waals surface area contributed by atoms with Gasteiger partial charge in [-0.05, 0) is 18.1 Å². The molecule has 0 aliphatic heterocycles. The van der Waals surface area contributed by atoms with Crippen LogP contribution >= 0.6 is 12.6 Å². The largest absolute Gasteiger partial charge is 0.308 e. The van der Waals surface area contributed by atoms with Crippen LogP contribution in [0.1, 0.15) is 19.4 Å². The minimum absolute atomic E-state index is 0.0282. The van der Waals surface area contributed by atoms with Gasteiger partial charge in [-0.2, -0.15) is 12.6 Å². The molecule has 0 radical (unpaired) electrons. The van der Waals surface area contributed by atoms with Crippen molar-refractivity contribution in [2.24, 2.45) is 5.41 Å². The highest BCUT2D eigenvalue weighted by Crippen LogP contribution is 2.21. The summed E-state index contributed by atoms with van der Waals surface area (Å²) in [4.78, 5) is 22.0. The lowest BCUT2D eigenvalue weighted by Crippen LogP contribution is -2.29. The molecular formula is C11H16N2O3S. The minimum Gasteiger partial charge on any atom is -0.308 e. The number of hydrogen-bond donors (Lipinski definition) is 1. The quantitative estimate of drug-likeness (QED) is 0.509. The van der Waals surface area contributed by atoms with E-state index < -0.39 is 4.92 Å². The minimum atomic E-state index is -0.473. The number of hydrogen-bond acceptors (Lipinski definition) is 4.